The molecule has 0 aliphatic carbocycles. The first-order valence-electron chi connectivity index (χ1n) is 5.27. The Kier molecular flexibility index (Phi) is 5.10. The first kappa shape index (κ1) is 12.0. The summed E-state index contributed by atoms with van der Waals surface area (Å²) in [4.78, 5) is 24.3. The maximum Gasteiger partial charge on any atom is 0.241 e. The summed E-state index contributed by atoms with van der Waals surface area (Å²) in [5, 5.41) is 2.57. The molecule has 1 aliphatic rings. The zero-order valence-electron chi connectivity index (χ0n) is 9.12. The molecule has 86 valence electrons. The van der Waals surface area contributed by atoms with Crippen LogP contribution in [0.2, 0.25) is 0 Å². The van der Waals surface area contributed by atoms with Crippen LogP contribution in [0, 0.1) is 0 Å². The van der Waals surface area contributed by atoms with Gasteiger partial charge in [0.1, 0.15) is 0 Å². The van der Waals surface area contributed by atoms with Crippen molar-refractivity contribution in [1.29, 1.82) is 0 Å². The molecule has 1 fully saturated rings. The first-order valence-corrected chi connectivity index (χ1v) is 5.27. The molecule has 0 bridgehead atoms. The van der Waals surface area contributed by atoms with E-state index in [2.05, 4.69) is 5.32 Å². The molecular formula is C10H18N2O3. The van der Waals surface area contributed by atoms with Crippen LogP contribution < -0.4 is 5.32 Å². The summed E-state index contributed by atoms with van der Waals surface area (Å²) in [6.07, 6.45) is 2.28. The van der Waals surface area contributed by atoms with E-state index in [-0.39, 0.29) is 18.4 Å². The third-order valence-electron chi connectivity index (χ3n) is 2.42. The van der Waals surface area contributed by atoms with Gasteiger partial charge < -0.3 is 15.0 Å². The molecule has 0 saturated carbocycles. The maximum absolute atomic E-state index is 11.5. The molecule has 0 aromatic rings. The summed E-state index contributed by atoms with van der Waals surface area (Å²) in [6.45, 7) is 2.12. The molecule has 1 heterocycles. The molecule has 0 aromatic carbocycles. The Morgan fingerprint density at radius 3 is 2.93 bits per heavy atom. The third kappa shape index (κ3) is 4.29. The van der Waals surface area contributed by atoms with Crippen molar-refractivity contribution in [1.82, 2.24) is 10.2 Å². The van der Waals surface area contributed by atoms with Gasteiger partial charge in [-0.2, -0.15) is 0 Å². The van der Waals surface area contributed by atoms with E-state index >= 15 is 0 Å². The summed E-state index contributed by atoms with van der Waals surface area (Å²) in [7, 11) is 1.67. The number of carbonyl (C=O) groups is 2. The number of hydrogen-bond donors (Lipinski definition) is 1. The van der Waals surface area contributed by atoms with E-state index in [1.54, 1.807) is 12.0 Å². The van der Waals surface area contributed by atoms with Crippen molar-refractivity contribution in [3.05, 3.63) is 0 Å². The Morgan fingerprint density at radius 2 is 2.20 bits per heavy atom. The van der Waals surface area contributed by atoms with Crippen LogP contribution in [0.3, 0.4) is 0 Å². The molecule has 1 saturated heterocycles. The quantitative estimate of drug-likeness (QED) is 0.643. The fraction of sp³-hybridized carbons (Fsp3) is 0.800. The maximum atomic E-state index is 11.5. The largest absolute Gasteiger partial charge is 0.385 e. The molecule has 5 heteroatoms. The molecule has 1 N–H and O–H groups in total. The van der Waals surface area contributed by atoms with Crippen LogP contribution in [0.1, 0.15) is 19.3 Å². The number of amides is 2. The smallest absolute Gasteiger partial charge is 0.241 e. The minimum atomic E-state index is -0.0391. The average Bonchev–Trinajstić information content (AvgIpc) is 2.38. The Hall–Kier alpha value is -1.10. The second-order valence-corrected chi connectivity index (χ2v) is 3.61. The Morgan fingerprint density at radius 1 is 1.40 bits per heavy atom. The zero-order chi connectivity index (χ0) is 11.1. The predicted molar refractivity (Wildman–Crippen MR) is 55.3 cm³/mol. The number of methoxy groups -OCH3 is 1. The van der Waals surface area contributed by atoms with Crippen LogP contribution in [-0.2, 0) is 14.3 Å². The summed E-state index contributed by atoms with van der Waals surface area (Å²) in [6, 6.07) is 0. The highest BCUT2D eigenvalue weighted by Gasteiger charge is 2.18. The number of carbonyl (C=O) groups excluding carboxylic acids is 2. The van der Waals surface area contributed by atoms with E-state index in [9.17, 15) is 9.59 Å². The van der Waals surface area contributed by atoms with Gasteiger partial charge in [-0.1, -0.05) is 0 Å². The van der Waals surface area contributed by atoms with Gasteiger partial charge in [0.05, 0.1) is 6.54 Å². The minimum absolute atomic E-state index is 0.0123. The van der Waals surface area contributed by atoms with Crippen molar-refractivity contribution in [2.45, 2.75) is 19.3 Å². The lowest BCUT2D eigenvalue weighted by atomic mass is 10.3. The average molecular weight is 214 g/mol. The lowest BCUT2D eigenvalue weighted by Crippen LogP contribution is -2.35. The number of unbranched alkanes of at least 4 members (excludes halogenated alkanes) is 1. The molecule has 0 unspecified atom stereocenters. The van der Waals surface area contributed by atoms with Crippen molar-refractivity contribution in [2.24, 2.45) is 0 Å². The number of nitrogens with one attached hydrogen (secondary N) is 1. The van der Waals surface area contributed by atoms with Gasteiger partial charge in [-0.15, -0.1) is 0 Å². The van der Waals surface area contributed by atoms with Crippen molar-refractivity contribution >= 4 is 11.8 Å². The molecule has 0 aromatic heterocycles. The molecule has 5 nitrogen and oxygen atoms in total. The Bertz CT molecular complexity index is 231. The number of rotatable bonds is 5. The first-order chi connectivity index (χ1) is 7.24. The molecule has 1 rings (SSSR count). The summed E-state index contributed by atoms with van der Waals surface area (Å²) >= 11 is 0. The molecule has 0 atom stereocenters. The van der Waals surface area contributed by atoms with Gasteiger partial charge in [-0.25, -0.2) is 0 Å². The van der Waals surface area contributed by atoms with Gasteiger partial charge in [0.15, 0.2) is 0 Å². The van der Waals surface area contributed by atoms with Crippen LogP contribution in [-0.4, -0.2) is 50.1 Å². The van der Waals surface area contributed by atoms with Crippen molar-refractivity contribution in [2.75, 3.05) is 33.4 Å². The van der Waals surface area contributed by atoms with Crippen LogP contribution in [0.4, 0.5) is 0 Å². The van der Waals surface area contributed by atoms with E-state index in [0.29, 0.717) is 13.0 Å². The normalized spacial score (nSPS) is 17.5. The van der Waals surface area contributed by atoms with E-state index in [0.717, 1.165) is 26.0 Å². The monoisotopic (exact) mass is 214 g/mol. The van der Waals surface area contributed by atoms with Crippen LogP contribution >= 0.6 is 0 Å². The summed E-state index contributed by atoms with van der Waals surface area (Å²) in [5.74, 6) is -0.0268. The highest BCUT2D eigenvalue weighted by Crippen LogP contribution is 2.01. The van der Waals surface area contributed by atoms with Crippen molar-refractivity contribution in [3.8, 4) is 0 Å². The zero-order valence-corrected chi connectivity index (χ0v) is 9.12. The summed E-state index contributed by atoms with van der Waals surface area (Å²) in [5.41, 5.74) is 0. The van der Waals surface area contributed by atoms with Gasteiger partial charge >= 0.3 is 0 Å². The van der Waals surface area contributed by atoms with Crippen molar-refractivity contribution < 1.29 is 14.3 Å². The third-order valence-corrected chi connectivity index (χ3v) is 2.42. The Labute approximate surface area is 89.8 Å². The van der Waals surface area contributed by atoms with Crippen molar-refractivity contribution in [3.63, 3.8) is 0 Å². The Balaban J connectivity index is 2.26. The molecule has 0 radical (unpaired) electrons. The predicted octanol–water partition coefficient (Wildman–Crippen LogP) is -0.238. The second kappa shape index (κ2) is 6.40. The van der Waals surface area contributed by atoms with Gasteiger partial charge in [-0.3, -0.25) is 9.59 Å². The molecule has 15 heavy (non-hydrogen) atoms. The van der Waals surface area contributed by atoms with E-state index in [1.165, 1.54) is 0 Å². The SMILES string of the molecule is COCCCCN1CCC(=O)NCC1=O. The van der Waals surface area contributed by atoms with Crippen LogP contribution in [0.25, 0.3) is 0 Å². The number of hydrogen-bond acceptors (Lipinski definition) is 3. The lowest BCUT2D eigenvalue weighted by Gasteiger charge is -2.19. The van der Waals surface area contributed by atoms with Gasteiger partial charge in [-0.05, 0) is 12.8 Å². The fourth-order valence-corrected chi connectivity index (χ4v) is 1.52. The van der Waals surface area contributed by atoms with E-state index < -0.39 is 0 Å². The second-order valence-electron chi connectivity index (χ2n) is 3.61. The number of nitrogens with zero attached hydrogens (tertiary/aromatic N) is 1. The van der Waals surface area contributed by atoms with Crippen LogP contribution in [0.5, 0.6) is 0 Å². The van der Waals surface area contributed by atoms with E-state index in [1.807, 2.05) is 0 Å². The van der Waals surface area contributed by atoms with Crippen LogP contribution in [0.15, 0.2) is 0 Å². The molecule has 1 aliphatic heterocycles. The number of ether oxygens (including phenoxy) is 1. The molecule has 0 spiro atoms. The topological polar surface area (TPSA) is 58.6 Å². The lowest BCUT2D eigenvalue weighted by molar-refractivity contribution is -0.130. The molecular weight excluding hydrogens is 196 g/mol. The van der Waals surface area contributed by atoms with Gasteiger partial charge in [0.2, 0.25) is 11.8 Å². The standard InChI is InChI=1S/C10H18N2O3/c1-15-7-3-2-5-12-6-4-9(13)11-8-10(12)14/h2-8H2,1H3,(H,11,13). The van der Waals surface area contributed by atoms with E-state index in [4.69, 9.17) is 4.74 Å². The minimum Gasteiger partial charge on any atom is -0.385 e. The fourth-order valence-electron chi connectivity index (χ4n) is 1.52. The summed E-state index contributed by atoms with van der Waals surface area (Å²) < 4.78 is 4.93. The highest BCUT2D eigenvalue weighted by molar-refractivity contribution is 5.87. The molecule has 2 amide bonds. The van der Waals surface area contributed by atoms with Gasteiger partial charge in [0, 0.05) is 33.2 Å². The van der Waals surface area contributed by atoms with Gasteiger partial charge in [0.25, 0.3) is 0 Å². The highest BCUT2D eigenvalue weighted by atomic mass is 16.5.